The van der Waals surface area contributed by atoms with Crippen molar-refractivity contribution in [2.75, 3.05) is 0 Å². The van der Waals surface area contributed by atoms with Gasteiger partial charge in [0, 0.05) is 4.90 Å². The third-order valence-corrected chi connectivity index (χ3v) is 1.98. The van der Waals surface area contributed by atoms with Crippen molar-refractivity contribution in [3.8, 4) is 0 Å². The lowest BCUT2D eigenvalue weighted by atomic mass is 10.3. The van der Waals surface area contributed by atoms with Crippen LogP contribution in [0.3, 0.4) is 0 Å². The van der Waals surface area contributed by atoms with Crippen LogP contribution in [0.5, 0.6) is 0 Å². The van der Waals surface area contributed by atoms with Crippen LogP contribution in [-0.2, 0) is 0 Å². The predicted octanol–water partition coefficient (Wildman–Crippen LogP) is 3.33. The minimum Gasteiger partial charge on any atom is -0.145 e. The van der Waals surface area contributed by atoms with E-state index >= 15 is 0 Å². The van der Waals surface area contributed by atoms with Crippen molar-refractivity contribution in [2.45, 2.75) is 4.90 Å². The average Bonchev–Trinajstić information content (AvgIpc) is 2.05. The summed E-state index contributed by atoms with van der Waals surface area (Å²) in [5, 5.41) is 2.76. The van der Waals surface area contributed by atoms with Gasteiger partial charge in [-0.15, -0.1) is 4.91 Å². The molecule has 52 valence electrons. The quantitative estimate of drug-likeness (QED) is 0.642. The number of benzene rings is 1. The molecule has 0 saturated carbocycles. The van der Waals surface area contributed by atoms with Crippen LogP contribution in [0.1, 0.15) is 0 Å². The monoisotopic (exact) mass is 173 g/mol. The molecule has 0 fully saturated rings. The average molecular weight is 174 g/mol. The lowest BCUT2D eigenvalue weighted by Crippen LogP contribution is -1.64. The fourth-order valence-corrected chi connectivity index (χ4v) is 1.17. The Morgan fingerprint density at radius 2 is 2.30 bits per heavy atom. The normalized spacial score (nSPS) is 9.30. The van der Waals surface area contributed by atoms with E-state index in [1.807, 2.05) is 6.07 Å². The van der Waals surface area contributed by atoms with Gasteiger partial charge < -0.3 is 0 Å². The molecule has 0 amide bonds. The smallest absolute Gasteiger partial charge is 0.109 e. The van der Waals surface area contributed by atoms with Gasteiger partial charge in [0.1, 0.15) is 5.69 Å². The second-order valence-electron chi connectivity index (χ2n) is 1.67. The van der Waals surface area contributed by atoms with E-state index in [1.165, 1.54) is 0 Å². The molecule has 0 bridgehead atoms. The Balaban J connectivity index is 2.98. The van der Waals surface area contributed by atoms with Gasteiger partial charge in [-0.25, -0.2) is 0 Å². The van der Waals surface area contributed by atoms with Crippen molar-refractivity contribution in [3.05, 3.63) is 29.2 Å². The minimum absolute atomic E-state index is 0.408. The number of rotatable bonds is 2. The Bertz CT molecular complexity index is 241. The Morgan fingerprint density at radius 1 is 1.50 bits per heavy atom. The molecule has 1 aromatic rings. The van der Waals surface area contributed by atoms with Crippen LogP contribution in [-0.4, -0.2) is 0 Å². The zero-order valence-corrected chi connectivity index (χ0v) is 6.52. The predicted molar refractivity (Wildman–Crippen MR) is 43.6 cm³/mol. The summed E-state index contributed by atoms with van der Waals surface area (Å²) in [5.41, 5.74) is 0.408. The van der Waals surface area contributed by atoms with Crippen molar-refractivity contribution in [1.82, 2.24) is 0 Å². The van der Waals surface area contributed by atoms with Gasteiger partial charge in [-0.2, -0.15) is 0 Å². The van der Waals surface area contributed by atoms with Crippen LogP contribution in [0.2, 0.25) is 0 Å². The van der Waals surface area contributed by atoms with E-state index in [-0.39, 0.29) is 0 Å². The van der Waals surface area contributed by atoms with Crippen LogP contribution >= 0.6 is 21.7 Å². The first-order valence-electron chi connectivity index (χ1n) is 2.59. The van der Waals surface area contributed by atoms with E-state index in [2.05, 4.69) is 5.18 Å². The highest BCUT2D eigenvalue weighted by atomic mass is 35.7. The first kappa shape index (κ1) is 7.57. The highest BCUT2D eigenvalue weighted by Crippen LogP contribution is 2.25. The van der Waals surface area contributed by atoms with E-state index in [1.54, 1.807) is 18.2 Å². The van der Waals surface area contributed by atoms with E-state index in [9.17, 15) is 4.91 Å². The molecule has 0 N–H and O–H groups in total. The maximum Gasteiger partial charge on any atom is 0.109 e. The largest absolute Gasteiger partial charge is 0.145 e. The van der Waals surface area contributed by atoms with Crippen LogP contribution in [0.25, 0.3) is 0 Å². The second kappa shape index (κ2) is 3.58. The van der Waals surface area contributed by atoms with Crippen LogP contribution in [0.4, 0.5) is 5.69 Å². The third kappa shape index (κ3) is 1.72. The molecule has 0 heterocycles. The maximum absolute atomic E-state index is 9.97. The molecule has 10 heavy (non-hydrogen) atoms. The van der Waals surface area contributed by atoms with Crippen molar-refractivity contribution in [1.29, 1.82) is 0 Å². The number of nitrogens with zero attached hydrogens (tertiary/aromatic N) is 1. The molecule has 0 spiro atoms. The molecular formula is C6H4ClNOS. The lowest BCUT2D eigenvalue weighted by Gasteiger charge is -1.91. The topological polar surface area (TPSA) is 29.4 Å². The molecule has 0 aliphatic heterocycles. The van der Waals surface area contributed by atoms with E-state index in [4.69, 9.17) is 10.7 Å². The first-order chi connectivity index (χ1) is 4.86. The molecule has 1 rings (SSSR count). The first-order valence-corrected chi connectivity index (χ1v) is 4.23. The molecule has 0 saturated heterocycles. The standard InChI is InChI=1S/C6H4ClNOS/c7-10-6-3-1-2-5(4-6)8-9/h1-4H. The van der Waals surface area contributed by atoms with Crippen molar-refractivity contribution in [2.24, 2.45) is 5.18 Å². The second-order valence-corrected chi connectivity index (χ2v) is 2.75. The number of hydrogen-bond acceptors (Lipinski definition) is 3. The van der Waals surface area contributed by atoms with E-state index in [0.29, 0.717) is 5.69 Å². The Kier molecular flexibility index (Phi) is 2.71. The summed E-state index contributed by atoms with van der Waals surface area (Å²) >= 11 is 0. The summed E-state index contributed by atoms with van der Waals surface area (Å²) in [6.07, 6.45) is 0. The number of hydrogen-bond donors (Lipinski definition) is 0. The lowest BCUT2D eigenvalue weighted by molar-refractivity contribution is 1.40. The summed E-state index contributed by atoms with van der Waals surface area (Å²) in [4.78, 5) is 10.8. The third-order valence-electron chi connectivity index (χ3n) is 1.01. The zero-order chi connectivity index (χ0) is 7.40. The van der Waals surface area contributed by atoms with E-state index < -0.39 is 0 Å². The van der Waals surface area contributed by atoms with Gasteiger partial charge in [0.2, 0.25) is 0 Å². The SMILES string of the molecule is O=Nc1cccc(SCl)c1. The van der Waals surface area contributed by atoms with Crippen molar-refractivity contribution in [3.63, 3.8) is 0 Å². The van der Waals surface area contributed by atoms with Crippen molar-refractivity contribution < 1.29 is 0 Å². The molecule has 2 nitrogen and oxygen atoms in total. The fourth-order valence-electron chi connectivity index (χ4n) is 0.588. The highest BCUT2D eigenvalue weighted by Gasteiger charge is 1.92. The van der Waals surface area contributed by atoms with Gasteiger partial charge in [-0.05, 0) is 45.0 Å². The van der Waals surface area contributed by atoms with Crippen molar-refractivity contribution >= 4 is 27.3 Å². The molecule has 0 aliphatic carbocycles. The maximum atomic E-state index is 9.97. The summed E-state index contributed by atoms with van der Waals surface area (Å²) in [6, 6.07) is 6.81. The molecular weight excluding hydrogens is 170 g/mol. The van der Waals surface area contributed by atoms with Gasteiger partial charge in [0.05, 0.1) is 0 Å². The van der Waals surface area contributed by atoms with Gasteiger partial charge in [-0.3, -0.25) is 0 Å². The van der Waals surface area contributed by atoms with Crippen LogP contribution in [0.15, 0.2) is 34.3 Å². The molecule has 1 aromatic carbocycles. The van der Waals surface area contributed by atoms with Gasteiger partial charge in [0.25, 0.3) is 0 Å². The number of nitroso groups, excluding NO2 is 1. The van der Waals surface area contributed by atoms with Gasteiger partial charge in [0.15, 0.2) is 0 Å². The van der Waals surface area contributed by atoms with Crippen LogP contribution in [0, 0.1) is 4.91 Å². The summed E-state index contributed by atoms with van der Waals surface area (Å²) in [6.45, 7) is 0. The summed E-state index contributed by atoms with van der Waals surface area (Å²) < 4.78 is 0. The van der Waals surface area contributed by atoms with Gasteiger partial charge in [-0.1, -0.05) is 6.07 Å². The minimum atomic E-state index is 0.408. The Labute approximate surface area is 67.1 Å². The van der Waals surface area contributed by atoms with E-state index in [0.717, 1.165) is 15.9 Å². The fraction of sp³-hybridized carbons (Fsp3) is 0. The molecule has 4 heteroatoms. The highest BCUT2D eigenvalue weighted by molar-refractivity contribution is 8.21. The van der Waals surface area contributed by atoms with Crippen LogP contribution < -0.4 is 0 Å². The molecule has 0 radical (unpaired) electrons. The molecule has 0 aliphatic rings. The Morgan fingerprint density at radius 3 is 2.90 bits per heavy atom. The van der Waals surface area contributed by atoms with Gasteiger partial charge >= 0.3 is 0 Å². The number of halogens is 1. The summed E-state index contributed by atoms with van der Waals surface area (Å²) in [5.74, 6) is 0. The zero-order valence-electron chi connectivity index (χ0n) is 4.95. The molecule has 0 atom stereocenters. The Hall–Kier alpha value is -0.540. The summed E-state index contributed by atoms with van der Waals surface area (Å²) in [7, 11) is 6.50. The molecule has 0 aromatic heterocycles. The molecule has 0 unspecified atom stereocenters.